The molecule has 0 fully saturated rings. The Morgan fingerprint density at radius 3 is 2.88 bits per heavy atom. The Balaban J connectivity index is 1.38. The number of carbonyl (C=O) groups excluding carboxylic acids is 1. The lowest BCUT2D eigenvalue weighted by atomic mass is 10.1. The molecule has 128 valence electrons. The smallest absolute Gasteiger partial charge is 0.226 e. The molecule has 1 aliphatic rings. The summed E-state index contributed by atoms with van der Waals surface area (Å²) in [5.74, 6) is 1.43. The summed E-state index contributed by atoms with van der Waals surface area (Å²) in [4.78, 5) is 16.6. The van der Waals surface area contributed by atoms with E-state index in [0.29, 0.717) is 36.2 Å². The van der Waals surface area contributed by atoms with E-state index in [1.54, 1.807) is 6.07 Å². The molecule has 0 saturated heterocycles. The molecule has 5 nitrogen and oxygen atoms in total. The molecular weight excluding hydrogens is 360 g/mol. The number of nitrogens with zero attached hydrogens (tertiary/aromatic N) is 1. The number of aromatic nitrogens is 1. The zero-order valence-corrected chi connectivity index (χ0v) is 14.8. The van der Waals surface area contributed by atoms with Crippen LogP contribution in [0, 0.1) is 0 Å². The van der Waals surface area contributed by atoms with E-state index < -0.39 is 0 Å². The minimum absolute atomic E-state index is 0.0694. The van der Waals surface area contributed by atoms with Crippen LogP contribution in [0.3, 0.4) is 0 Å². The number of benzene rings is 2. The minimum Gasteiger partial charge on any atom is -0.486 e. The lowest BCUT2D eigenvalue weighted by Gasteiger charge is -2.18. The predicted molar refractivity (Wildman–Crippen MR) is 99.0 cm³/mol. The summed E-state index contributed by atoms with van der Waals surface area (Å²) in [6.07, 6.45) is 0.996. The average Bonchev–Trinajstić information content (AvgIpc) is 3.01. The van der Waals surface area contributed by atoms with Crippen molar-refractivity contribution in [2.45, 2.75) is 12.8 Å². The van der Waals surface area contributed by atoms with Gasteiger partial charge in [0.1, 0.15) is 13.2 Å². The molecule has 0 bridgehead atoms. The number of ether oxygens (including phenoxy) is 2. The second-order valence-corrected chi connectivity index (χ2v) is 7.12. The van der Waals surface area contributed by atoms with Gasteiger partial charge in [0.05, 0.1) is 10.2 Å². The number of hydrogen-bond donors (Lipinski definition) is 1. The van der Waals surface area contributed by atoms with Crippen molar-refractivity contribution >= 4 is 44.2 Å². The Morgan fingerprint density at radius 1 is 1.16 bits per heavy atom. The molecule has 25 heavy (non-hydrogen) atoms. The number of nitrogens with one attached hydrogen (secondary N) is 1. The molecule has 0 atom stereocenters. The van der Waals surface area contributed by atoms with Crippen molar-refractivity contribution in [2.24, 2.45) is 0 Å². The van der Waals surface area contributed by atoms with Gasteiger partial charge in [-0.1, -0.05) is 29.0 Å². The highest BCUT2D eigenvalue weighted by Gasteiger charge is 2.13. The zero-order chi connectivity index (χ0) is 17.2. The fourth-order valence-corrected chi connectivity index (χ4v) is 3.79. The molecule has 2 heterocycles. The first-order chi connectivity index (χ1) is 12.2. The Labute approximate surface area is 153 Å². The molecule has 1 aliphatic heterocycles. The number of rotatable bonds is 4. The number of aryl methyl sites for hydroxylation is 1. The number of carbonyl (C=O) groups is 1. The largest absolute Gasteiger partial charge is 0.486 e. The monoisotopic (exact) mass is 374 g/mol. The first kappa shape index (κ1) is 16.2. The van der Waals surface area contributed by atoms with Crippen LogP contribution in [0.15, 0.2) is 36.4 Å². The van der Waals surface area contributed by atoms with Crippen molar-refractivity contribution < 1.29 is 14.3 Å². The molecule has 0 saturated carbocycles. The fourth-order valence-electron chi connectivity index (χ4n) is 2.63. The van der Waals surface area contributed by atoms with E-state index in [1.165, 1.54) is 11.3 Å². The van der Waals surface area contributed by atoms with Gasteiger partial charge in [-0.05, 0) is 42.3 Å². The van der Waals surface area contributed by atoms with E-state index in [2.05, 4.69) is 10.3 Å². The van der Waals surface area contributed by atoms with E-state index in [1.807, 2.05) is 30.3 Å². The normalized spacial score (nSPS) is 13.0. The average molecular weight is 375 g/mol. The van der Waals surface area contributed by atoms with E-state index in [4.69, 9.17) is 21.1 Å². The van der Waals surface area contributed by atoms with Crippen molar-refractivity contribution in [3.05, 3.63) is 47.0 Å². The number of halogens is 1. The van der Waals surface area contributed by atoms with Crippen molar-refractivity contribution in [1.82, 2.24) is 4.98 Å². The standard InChI is InChI=1S/C18H15ClN2O3S/c19-12-3-4-13-16(10-12)25-18(20-13)21-17(22)6-2-11-1-5-14-15(9-11)24-8-7-23-14/h1,3-5,9-10H,2,6-8H2,(H,20,21,22). The quantitative estimate of drug-likeness (QED) is 0.740. The molecule has 1 amide bonds. The molecule has 0 unspecified atom stereocenters. The third-order valence-corrected chi connectivity index (χ3v) is 5.01. The first-order valence-corrected chi connectivity index (χ1v) is 9.11. The molecule has 7 heteroatoms. The molecule has 1 aromatic heterocycles. The van der Waals surface area contributed by atoms with Crippen molar-refractivity contribution in [3.8, 4) is 11.5 Å². The second kappa shape index (κ2) is 6.90. The lowest BCUT2D eigenvalue weighted by Crippen LogP contribution is -2.15. The summed E-state index contributed by atoms with van der Waals surface area (Å²) in [5, 5.41) is 4.10. The number of anilines is 1. The molecule has 3 aromatic rings. The second-order valence-electron chi connectivity index (χ2n) is 5.66. The Kier molecular flexibility index (Phi) is 4.46. The van der Waals surface area contributed by atoms with E-state index >= 15 is 0 Å². The summed E-state index contributed by atoms with van der Waals surface area (Å²) in [7, 11) is 0. The number of hydrogen-bond acceptors (Lipinski definition) is 5. The summed E-state index contributed by atoms with van der Waals surface area (Å²) in [6, 6.07) is 11.3. The van der Waals surface area contributed by atoms with Gasteiger partial charge in [-0.2, -0.15) is 0 Å². The Morgan fingerprint density at radius 2 is 2.00 bits per heavy atom. The zero-order valence-electron chi connectivity index (χ0n) is 13.3. The maximum atomic E-state index is 12.2. The highest BCUT2D eigenvalue weighted by atomic mass is 35.5. The minimum atomic E-state index is -0.0694. The molecule has 0 radical (unpaired) electrons. The van der Waals surface area contributed by atoms with Gasteiger partial charge in [-0.3, -0.25) is 4.79 Å². The molecule has 4 rings (SSSR count). The molecule has 1 N–H and O–H groups in total. The maximum absolute atomic E-state index is 12.2. The van der Waals surface area contributed by atoms with Gasteiger partial charge in [0, 0.05) is 11.4 Å². The third-order valence-electron chi connectivity index (χ3n) is 3.84. The van der Waals surface area contributed by atoms with Crippen LogP contribution in [0.25, 0.3) is 10.2 Å². The third kappa shape index (κ3) is 3.70. The van der Waals surface area contributed by atoms with Crippen LogP contribution in [0.5, 0.6) is 11.5 Å². The van der Waals surface area contributed by atoms with Crippen molar-refractivity contribution in [3.63, 3.8) is 0 Å². The van der Waals surface area contributed by atoms with E-state index in [-0.39, 0.29) is 5.91 Å². The number of amides is 1. The molecule has 0 spiro atoms. The predicted octanol–water partition coefficient (Wildman–Crippen LogP) is 4.29. The van der Waals surface area contributed by atoms with Crippen LogP contribution < -0.4 is 14.8 Å². The number of fused-ring (bicyclic) bond motifs is 2. The van der Waals surface area contributed by atoms with Crippen LogP contribution in [-0.4, -0.2) is 24.1 Å². The van der Waals surface area contributed by atoms with Crippen LogP contribution in [0.2, 0.25) is 5.02 Å². The maximum Gasteiger partial charge on any atom is 0.226 e. The van der Waals surface area contributed by atoms with Gasteiger partial charge in [0.2, 0.25) is 5.91 Å². The van der Waals surface area contributed by atoms with Gasteiger partial charge in [0.15, 0.2) is 16.6 Å². The fraction of sp³-hybridized carbons (Fsp3) is 0.222. The van der Waals surface area contributed by atoms with Crippen molar-refractivity contribution in [1.29, 1.82) is 0 Å². The van der Waals surface area contributed by atoms with Crippen molar-refractivity contribution in [2.75, 3.05) is 18.5 Å². The van der Waals surface area contributed by atoms with Gasteiger partial charge in [-0.25, -0.2) is 4.98 Å². The van der Waals surface area contributed by atoms with Crippen LogP contribution in [-0.2, 0) is 11.2 Å². The summed E-state index contributed by atoms with van der Waals surface area (Å²) < 4.78 is 12.0. The lowest BCUT2D eigenvalue weighted by molar-refractivity contribution is -0.116. The first-order valence-electron chi connectivity index (χ1n) is 7.92. The van der Waals surface area contributed by atoms with Crippen LogP contribution in [0.1, 0.15) is 12.0 Å². The van der Waals surface area contributed by atoms with Gasteiger partial charge in [0.25, 0.3) is 0 Å². The van der Waals surface area contributed by atoms with E-state index in [0.717, 1.165) is 27.3 Å². The SMILES string of the molecule is O=C(CCc1ccc2c(c1)OCCO2)Nc1nc2ccc(Cl)cc2s1. The van der Waals surface area contributed by atoms with E-state index in [9.17, 15) is 4.79 Å². The molecular formula is C18H15ClN2O3S. The van der Waals surface area contributed by atoms with Crippen LogP contribution >= 0.6 is 22.9 Å². The summed E-state index contributed by atoms with van der Waals surface area (Å²) >= 11 is 7.39. The van der Waals surface area contributed by atoms with Gasteiger partial charge >= 0.3 is 0 Å². The van der Waals surface area contributed by atoms with Gasteiger partial charge in [-0.15, -0.1) is 0 Å². The topological polar surface area (TPSA) is 60.5 Å². The Hall–Kier alpha value is -2.31. The summed E-state index contributed by atoms with van der Waals surface area (Å²) in [6.45, 7) is 1.13. The highest BCUT2D eigenvalue weighted by molar-refractivity contribution is 7.22. The highest BCUT2D eigenvalue weighted by Crippen LogP contribution is 2.31. The van der Waals surface area contributed by atoms with Gasteiger partial charge < -0.3 is 14.8 Å². The Bertz CT molecular complexity index is 941. The number of thiazole rings is 1. The van der Waals surface area contributed by atoms with Crippen LogP contribution in [0.4, 0.5) is 5.13 Å². The summed E-state index contributed by atoms with van der Waals surface area (Å²) in [5.41, 5.74) is 1.87. The molecule has 0 aliphatic carbocycles. The molecule has 2 aromatic carbocycles.